The molecule has 0 bridgehead atoms. The second kappa shape index (κ2) is 11.9. The second-order valence-electron chi connectivity index (χ2n) is 6.48. The Kier molecular flexibility index (Phi) is 14.6. The van der Waals surface area contributed by atoms with Gasteiger partial charge in [-0.15, -0.1) is 0 Å². The molecule has 7 N–H and O–H groups in total. The number of aliphatic carboxylic acids is 4. The summed E-state index contributed by atoms with van der Waals surface area (Å²) in [6.07, 6.45) is 0. The van der Waals surface area contributed by atoms with Crippen LogP contribution in [0.15, 0.2) is 0 Å². The molecule has 0 fully saturated rings. The fourth-order valence-corrected chi connectivity index (χ4v) is 19.4. The maximum absolute atomic E-state index is 11.1. The Hall–Kier alpha value is 0.423. The van der Waals surface area contributed by atoms with E-state index in [1.165, 1.54) is 0 Å². The minimum atomic E-state index is -5.51. The zero-order chi connectivity index (χ0) is 16.7. The molecule has 0 saturated heterocycles. The van der Waals surface area contributed by atoms with Gasteiger partial charge in [0.25, 0.3) is 0 Å². The Labute approximate surface area is 177 Å². The Bertz CT molecular complexity index is 387. The van der Waals surface area contributed by atoms with Gasteiger partial charge in [-0.05, 0) is 0 Å². The predicted molar refractivity (Wildman–Crippen MR) is 81.1 cm³/mol. The van der Waals surface area contributed by atoms with Crippen molar-refractivity contribution in [3.63, 3.8) is 0 Å². The van der Waals surface area contributed by atoms with E-state index in [9.17, 15) is 19.2 Å². The standard InChI is InChI=1S/C2H7N2.4C2H3O2.2Na.Zn.2H/c3-1-2-4;4*1-2(3)4;;;;;/h3H,1-2,4H2;4*1H2,(H,3,4);;;;;/q-1;;;;;;;+1;;. The normalized spacial score (nSPS) is 10.9. The molecule has 0 heterocycles. The summed E-state index contributed by atoms with van der Waals surface area (Å²) in [6.45, 7) is -0.0282. The molecule has 0 aromatic rings. The SMILES string of the molecule is NCC[NH][Zn]([CH2]C(=O)O)([CH2]C(=O)O)([CH2]C(=O)O)[CH2]C(=O)O.[NaH].[NaH]. The van der Waals surface area contributed by atoms with Gasteiger partial charge in [0.05, 0.1) is 0 Å². The van der Waals surface area contributed by atoms with E-state index in [-0.39, 0.29) is 72.2 Å². The summed E-state index contributed by atoms with van der Waals surface area (Å²) in [5, 5.41) is 33.2. The first-order valence-corrected chi connectivity index (χ1v) is 16.6. The summed E-state index contributed by atoms with van der Waals surface area (Å²) >= 11 is -5.51. The molecule has 0 atom stereocenters. The topological polar surface area (TPSA) is 187 Å². The van der Waals surface area contributed by atoms with Crippen molar-refractivity contribution >= 4 is 83.0 Å². The van der Waals surface area contributed by atoms with E-state index >= 15 is 0 Å². The minimum absolute atomic E-state index is 0. The van der Waals surface area contributed by atoms with Crippen molar-refractivity contribution in [3.05, 3.63) is 0 Å². The molecular weight excluding hydrogens is 387 g/mol. The van der Waals surface area contributed by atoms with E-state index in [1.807, 2.05) is 0 Å². The first-order valence-electron chi connectivity index (χ1n) is 6.74. The van der Waals surface area contributed by atoms with Crippen molar-refractivity contribution in [2.75, 3.05) is 13.1 Å². The van der Waals surface area contributed by atoms with E-state index in [1.54, 1.807) is 0 Å². The van der Waals surface area contributed by atoms with Crippen molar-refractivity contribution in [1.29, 1.82) is 0 Å². The molecular formula is C10H21N2Na2O8Zn. The fraction of sp³-hybridized carbons (Fsp3) is 0.600. The first-order chi connectivity index (χ1) is 9.54. The summed E-state index contributed by atoms with van der Waals surface area (Å²) in [5.41, 5.74) is 5.30. The number of hydrogen-bond acceptors (Lipinski definition) is 6. The molecule has 0 aliphatic heterocycles. The van der Waals surface area contributed by atoms with E-state index < -0.39 is 57.8 Å². The molecule has 123 valence electrons. The molecule has 0 amide bonds. The third-order valence-corrected chi connectivity index (χ3v) is 22.8. The van der Waals surface area contributed by atoms with Crippen LogP contribution in [0.4, 0.5) is 0 Å². The van der Waals surface area contributed by atoms with Gasteiger partial charge in [-0.2, -0.15) is 0 Å². The van der Waals surface area contributed by atoms with Crippen molar-refractivity contribution in [3.8, 4) is 0 Å². The van der Waals surface area contributed by atoms with Gasteiger partial charge in [0.2, 0.25) is 0 Å². The first kappa shape index (κ1) is 28.2. The van der Waals surface area contributed by atoms with Crippen LogP contribution in [-0.4, -0.2) is 117 Å². The second-order valence-corrected chi connectivity index (χ2v) is 24.8. The number of nitrogens with one attached hydrogen (secondary N) is 1. The van der Waals surface area contributed by atoms with Crippen molar-refractivity contribution < 1.29 is 53.4 Å². The van der Waals surface area contributed by atoms with E-state index in [0.717, 1.165) is 0 Å². The summed E-state index contributed by atoms with van der Waals surface area (Å²) in [6, 6.07) is 0. The van der Waals surface area contributed by atoms with Crippen molar-refractivity contribution in [2.24, 2.45) is 5.73 Å². The fourth-order valence-electron chi connectivity index (χ4n) is 3.73. The zero-order valence-electron chi connectivity index (χ0n) is 11.4. The van der Waals surface area contributed by atoms with Gasteiger partial charge in [0, 0.05) is 0 Å². The van der Waals surface area contributed by atoms with Crippen LogP contribution in [0, 0.1) is 0 Å². The monoisotopic (exact) mass is 407 g/mol. The molecule has 13 heteroatoms. The van der Waals surface area contributed by atoms with Gasteiger partial charge >= 0.3 is 179 Å². The number of carboxylic acids is 4. The van der Waals surface area contributed by atoms with E-state index in [4.69, 9.17) is 26.2 Å². The van der Waals surface area contributed by atoms with Gasteiger partial charge in [-0.25, -0.2) is 0 Å². The molecule has 0 aromatic heterocycles. The third-order valence-electron chi connectivity index (χ3n) is 4.51. The molecule has 23 heavy (non-hydrogen) atoms. The van der Waals surface area contributed by atoms with Crippen LogP contribution < -0.4 is 9.79 Å². The van der Waals surface area contributed by atoms with Crippen molar-refractivity contribution in [2.45, 2.75) is 20.1 Å². The average Bonchev–Trinajstić information content (AvgIpc) is 2.21. The van der Waals surface area contributed by atoms with E-state index in [0.29, 0.717) is 0 Å². The Morgan fingerprint density at radius 2 is 1.00 bits per heavy atom. The van der Waals surface area contributed by atoms with Gasteiger partial charge < -0.3 is 0 Å². The van der Waals surface area contributed by atoms with Crippen LogP contribution >= 0.6 is 0 Å². The van der Waals surface area contributed by atoms with Gasteiger partial charge in [-0.1, -0.05) is 0 Å². The van der Waals surface area contributed by atoms with E-state index in [2.05, 4.69) is 4.06 Å². The molecule has 0 saturated carbocycles. The summed E-state index contributed by atoms with van der Waals surface area (Å²) in [4.78, 5) is 44.5. The molecule has 10 nitrogen and oxygen atoms in total. The number of nitrogens with two attached hydrogens (primary N) is 1. The van der Waals surface area contributed by atoms with Crippen LogP contribution in [0.5, 0.6) is 0 Å². The van der Waals surface area contributed by atoms with Crippen LogP contribution in [0.25, 0.3) is 0 Å². The van der Waals surface area contributed by atoms with Crippen LogP contribution in [0.1, 0.15) is 0 Å². The van der Waals surface area contributed by atoms with Gasteiger partial charge in [0.1, 0.15) is 0 Å². The number of rotatable bonds is 11. The molecule has 0 rings (SSSR count). The Morgan fingerprint density at radius 1 is 0.739 bits per heavy atom. The van der Waals surface area contributed by atoms with Crippen LogP contribution in [0.2, 0.25) is 20.1 Å². The number of hydrogen-bond donors (Lipinski definition) is 6. The molecule has 0 aromatic carbocycles. The predicted octanol–water partition coefficient (Wildman–Crippen LogP) is -2.15. The van der Waals surface area contributed by atoms with Crippen LogP contribution in [-0.2, 0) is 33.0 Å². The quantitative estimate of drug-likeness (QED) is 0.206. The van der Waals surface area contributed by atoms with Gasteiger partial charge in [0.15, 0.2) is 0 Å². The molecule has 0 radical (unpaired) electrons. The summed E-state index contributed by atoms with van der Waals surface area (Å²) < 4.78 is 2.69. The molecule has 0 aliphatic rings. The summed E-state index contributed by atoms with van der Waals surface area (Å²) in [7, 11) is 0. The Morgan fingerprint density at radius 3 is 1.17 bits per heavy atom. The Balaban J connectivity index is -0.00000200. The van der Waals surface area contributed by atoms with Crippen LogP contribution in [0.3, 0.4) is 0 Å². The molecule has 0 unspecified atom stereocenters. The van der Waals surface area contributed by atoms with Gasteiger partial charge in [-0.3, -0.25) is 0 Å². The number of carbonyl (C=O) groups is 4. The number of carboxylic acid groups (broad SMARTS) is 4. The average molecular weight is 409 g/mol. The zero-order valence-corrected chi connectivity index (χ0v) is 14.4. The maximum atomic E-state index is 11.1. The molecule has 0 aliphatic carbocycles. The third kappa shape index (κ3) is 10.1. The summed E-state index contributed by atoms with van der Waals surface area (Å²) in [5.74, 6) is -5.68. The molecule has 0 spiro atoms. The van der Waals surface area contributed by atoms with Crippen molar-refractivity contribution in [1.82, 2.24) is 4.06 Å².